The Labute approximate surface area is 103 Å². The Hall–Kier alpha value is -1.82. The number of rotatable bonds is 0. The van der Waals surface area contributed by atoms with Gasteiger partial charge in [-0.1, -0.05) is 61.9 Å². The summed E-state index contributed by atoms with van der Waals surface area (Å²) in [7, 11) is 0. The molecule has 0 heterocycles. The van der Waals surface area contributed by atoms with Gasteiger partial charge in [-0.3, -0.25) is 0 Å². The van der Waals surface area contributed by atoms with E-state index in [-0.39, 0.29) is 0 Å². The van der Waals surface area contributed by atoms with Gasteiger partial charge in [-0.25, -0.2) is 0 Å². The van der Waals surface area contributed by atoms with Crippen molar-refractivity contribution in [3.05, 3.63) is 60.2 Å². The van der Waals surface area contributed by atoms with Crippen LogP contribution in [-0.4, -0.2) is 0 Å². The van der Waals surface area contributed by atoms with Gasteiger partial charge in [-0.2, -0.15) is 0 Å². The van der Waals surface area contributed by atoms with Gasteiger partial charge in [0.1, 0.15) is 0 Å². The number of fused-ring (bicyclic) bond motifs is 2. The molecule has 0 saturated carbocycles. The average Bonchev–Trinajstić information content (AvgIpc) is 2.38. The van der Waals surface area contributed by atoms with Gasteiger partial charge < -0.3 is 0 Å². The zero-order valence-corrected chi connectivity index (χ0v) is 10.7. The van der Waals surface area contributed by atoms with Crippen LogP contribution in [0.15, 0.2) is 54.6 Å². The third kappa shape index (κ3) is 2.31. The van der Waals surface area contributed by atoms with Crippen LogP contribution in [0.25, 0.3) is 21.5 Å². The molecule has 0 heteroatoms. The first-order valence-corrected chi connectivity index (χ1v) is 6.22. The molecule has 0 unspecified atom stereocenters. The molecule has 0 aliphatic rings. The molecule has 0 amide bonds. The summed E-state index contributed by atoms with van der Waals surface area (Å²) in [6, 6.07) is 19.6. The van der Waals surface area contributed by atoms with Gasteiger partial charge in [-0.05, 0) is 40.6 Å². The highest BCUT2D eigenvalue weighted by atomic mass is 14.0. The van der Waals surface area contributed by atoms with Crippen LogP contribution in [-0.2, 0) is 0 Å². The maximum atomic E-state index is 2.26. The first-order chi connectivity index (χ1) is 8.33. The van der Waals surface area contributed by atoms with Crippen LogP contribution in [0.4, 0.5) is 0 Å². The van der Waals surface area contributed by atoms with Gasteiger partial charge in [0.15, 0.2) is 0 Å². The fourth-order valence-corrected chi connectivity index (χ4v) is 2.06. The molecule has 0 N–H and O–H groups in total. The molecule has 0 atom stereocenters. The van der Waals surface area contributed by atoms with Crippen LogP contribution in [0.2, 0.25) is 0 Å². The fourth-order valence-electron chi connectivity index (χ4n) is 2.06. The van der Waals surface area contributed by atoms with E-state index in [4.69, 9.17) is 0 Å². The minimum Gasteiger partial charge on any atom is -0.0683 e. The summed E-state index contributed by atoms with van der Waals surface area (Å²) in [6.07, 6.45) is 0. The van der Waals surface area contributed by atoms with Crippen LogP contribution < -0.4 is 0 Å². The van der Waals surface area contributed by atoms with Gasteiger partial charge in [0.2, 0.25) is 0 Å². The van der Waals surface area contributed by atoms with Crippen LogP contribution in [0, 0.1) is 6.92 Å². The molecule has 3 rings (SSSR count). The lowest BCUT2D eigenvalue weighted by Gasteiger charge is -2.02. The molecule has 0 aromatic heterocycles. The maximum absolute atomic E-state index is 2.26. The lowest BCUT2D eigenvalue weighted by atomic mass is 10.0. The SMILES string of the molecule is CC.Cc1ccc2cc3ccccc3cc2c1. The zero-order valence-electron chi connectivity index (χ0n) is 10.7. The van der Waals surface area contributed by atoms with Gasteiger partial charge >= 0.3 is 0 Å². The van der Waals surface area contributed by atoms with E-state index < -0.39 is 0 Å². The van der Waals surface area contributed by atoms with Crippen molar-refractivity contribution in [3.8, 4) is 0 Å². The van der Waals surface area contributed by atoms with E-state index in [1.54, 1.807) is 0 Å². The first-order valence-electron chi connectivity index (χ1n) is 6.22. The van der Waals surface area contributed by atoms with E-state index >= 15 is 0 Å². The molecule has 86 valence electrons. The zero-order chi connectivity index (χ0) is 12.3. The molecule has 0 radical (unpaired) electrons. The highest BCUT2D eigenvalue weighted by Gasteiger charge is 1.97. The van der Waals surface area contributed by atoms with Crippen LogP contribution in [0.3, 0.4) is 0 Å². The lowest BCUT2D eigenvalue weighted by Crippen LogP contribution is -1.77. The second kappa shape index (κ2) is 5.01. The van der Waals surface area contributed by atoms with Gasteiger partial charge in [0.05, 0.1) is 0 Å². The standard InChI is InChI=1S/C15H12.C2H6/c1-11-6-7-14-9-12-4-2-3-5-13(12)10-15(14)8-11;1-2/h2-10H,1H3;1-2H3. The molecular formula is C17H18. The van der Waals surface area contributed by atoms with E-state index in [1.807, 2.05) is 13.8 Å². The normalized spacial score (nSPS) is 10.1. The van der Waals surface area contributed by atoms with Crippen LogP contribution in [0.5, 0.6) is 0 Å². The Balaban J connectivity index is 0.000000514. The smallest absolute Gasteiger partial charge is 0.0175 e. The molecule has 0 nitrogen and oxygen atoms in total. The van der Waals surface area contributed by atoms with E-state index in [9.17, 15) is 0 Å². The van der Waals surface area contributed by atoms with Gasteiger partial charge in [0, 0.05) is 0 Å². The van der Waals surface area contributed by atoms with E-state index in [1.165, 1.54) is 27.1 Å². The molecular weight excluding hydrogens is 204 g/mol. The number of benzene rings is 3. The summed E-state index contributed by atoms with van der Waals surface area (Å²) in [5.41, 5.74) is 1.32. The minimum atomic E-state index is 1.31. The van der Waals surface area contributed by atoms with Crippen molar-refractivity contribution >= 4 is 21.5 Å². The molecule has 3 aromatic rings. The van der Waals surface area contributed by atoms with Crippen LogP contribution >= 0.6 is 0 Å². The molecule has 0 aliphatic carbocycles. The third-order valence-electron chi connectivity index (χ3n) is 2.86. The maximum Gasteiger partial charge on any atom is -0.0175 e. The number of hydrogen-bond acceptors (Lipinski definition) is 0. The highest BCUT2D eigenvalue weighted by molar-refractivity contribution is 5.98. The summed E-state index contributed by atoms with van der Waals surface area (Å²) >= 11 is 0. The average molecular weight is 222 g/mol. The van der Waals surface area contributed by atoms with Crippen molar-refractivity contribution in [1.82, 2.24) is 0 Å². The summed E-state index contributed by atoms with van der Waals surface area (Å²) in [5.74, 6) is 0. The quantitative estimate of drug-likeness (QED) is 0.451. The topological polar surface area (TPSA) is 0 Å². The first kappa shape index (κ1) is 11.7. The van der Waals surface area contributed by atoms with Crippen LogP contribution in [0.1, 0.15) is 19.4 Å². The summed E-state index contributed by atoms with van der Waals surface area (Å²) < 4.78 is 0. The van der Waals surface area contributed by atoms with Crippen molar-refractivity contribution in [2.45, 2.75) is 20.8 Å². The predicted molar refractivity (Wildman–Crippen MR) is 77.5 cm³/mol. The number of hydrogen-bond donors (Lipinski definition) is 0. The van der Waals surface area contributed by atoms with E-state index in [2.05, 4.69) is 61.5 Å². The van der Waals surface area contributed by atoms with Crippen molar-refractivity contribution < 1.29 is 0 Å². The Morgan fingerprint density at radius 3 is 1.76 bits per heavy atom. The van der Waals surface area contributed by atoms with Crippen molar-refractivity contribution in [2.75, 3.05) is 0 Å². The summed E-state index contributed by atoms with van der Waals surface area (Å²) in [6.45, 7) is 6.13. The summed E-state index contributed by atoms with van der Waals surface area (Å²) in [4.78, 5) is 0. The van der Waals surface area contributed by atoms with Crippen molar-refractivity contribution in [2.24, 2.45) is 0 Å². The second-order valence-corrected chi connectivity index (χ2v) is 4.05. The lowest BCUT2D eigenvalue weighted by molar-refractivity contribution is 1.50. The fraction of sp³-hybridized carbons (Fsp3) is 0.176. The monoisotopic (exact) mass is 222 g/mol. The highest BCUT2D eigenvalue weighted by Crippen LogP contribution is 2.23. The second-order valence-electron chi connectivity index (χ2n) is 4.05. The van der Waals surface area contributed by atoms with E-state index in [0.717, 1.165) is 0 Å². The van der Waals surface area contributed by atoms with E-state index in [0.29, 0.717) is 0 Å². The molecule has 0 bridgehead atoms. The van der Waals surface area contributed by atoms with Gasteiger partial charge in [-0.15, -0.1) is 0 Å². The Kier molecular flexibility index (Phi) is 3.43. The number of aryl methyl sites for hydroxylation is 1. The minimum absolute atomic E-state index is 1.31. The molecule has 17 heavy (non-hydrogen) atoms. The Bertz CT molecular complexity index is 636. The van der Waals surface area contributed by atoms with Crippen molar-refractivity contribution in [3.63, 3.8) is 0 Å². The largest absolute Gasteiger partial charge is 0.0683 e. The molecule has 0 spiro atoms. The molecule has 0 saturated heterocycles. The Morgan fingerprint density at radius 2 is 1.12 bits per heavy atom. The molecule has 3 aromatic carbocycles. The summed E-state index contributed by atoms with van der Waals surface area (Å²) in [5, 5.41) is 5.28. The molecule has 0 aliphatic heterocycles. The predicted octanol–water partition coefficient (Wildman–Crippen LogP) is 5.33. The van der Waals surface area contributed by atoms with Crippen molar-refractivity contribution in [1.29, 1.82) is 0 Å². The third-order valence-corrected chi connectivity index (χ3v) is 2.86. The van der Waals surface area contributed by atoms with Gasteiger partial charge in [0.25, 0.3) is 0 Å². The Morgan fingerprint density at radius 1 is 0.588 bits per heavy atom. The molecule has 0 fully saturated rings.